The zero-order chi connectivity index (χ0) is 14.0. The zero-order valence-electron chi connectivity index (χ0n) is 9.80. The molecular formula is C12H11Br2FN2O2. The maximum absolute atomic E-state index is 13.9. The summed E-state index contributed by atoms with van der Waals surface area (Å²) in [5.41, 5.74) is 0.444. The van der Waals surface area contributed by atoms with Gasteiger partial charge in [-0.05, 0) is 34.5 Å². The molecule has 0 spiro atoms. The van der Waals surface area contributed by atoms with Crippen LogP contribution >= 0.6 is 31.9 Å². The van der Waals surface area contributed by atoms with Crippen LogP contribution in [0, 0.1) is 5.82 Å². The molecule has 4 nitrogen and oxygen atoms in total. The summed E-state index contributed by atoms with van der Waals surface area (Å²) in [6.07, 6.45) is 0.726. The molecule has 2 N–H and O–H groups in total. The summed E-state index contributed by atoms with van der Waals surface area (Å²) in [5.74, 6) is -0.991. The lowest BCUT2D eigenvalue weighted by atomic mass is 10.1. The van der Waals surface area contributed by atoms with Crippen molar-refractivity contribution in [3.63, 3.8) is 0 Å². The molecule has 1 fully saturated rings. The number of piperidine rings is 1. The van der Waals surface area contributed by atoms with Crippen molar-refractivity contribution in [3.05, 3.63) is 32.5 Å². The highest BCUT2D eigenvalue weighted by molar-refractivity contribution is 9.11. The molecule has 1 aromatic rings. The molecule has 1 aliphatic rings. The lowest BCUT2D eigenvalue weighted by Gasteiger charge is -2.22. The fourth-order valence-corrected chi connectivity index (χ4v) is 2.66. The second kappa shape index (κ2) is 6.11. The van der Waals surface area contributed by atoms with Crippen LogP contribution in [0.25, 0.3) is 0 Å². The first-order valence-electron chi connectivity index (χ1n) is 5.68. The molecule has 1 unspecified atom stereocenters. The molecule has 1 atom stereocenters. The van der Waals surface area contributed by atoms with Gasteiger partial charge in [0, 0.05) is 23.0 Å². The predicted molar refractivity (Wildman–Crippen MR) is 74.8 cm³/mol. The normalized spacial score (nSPS) is 19.4. The largest absolute Gasteiger partial charge is 0.302 e. The Bertz CT molecular complexity index is 537. The molecule has 19 heavy (non-hydrogen) atoms. The van der Waals surface area contributed by atoms with Gasteiger partial charge in [-0.1, -0.05) is 15.9 Å². The molecule has 0 radical (unpaired) electrons. The fourth-order valence-electron chi connectivity index (χ4n) is 1.84. The molecule has 1 heterocycles. The molecule has 0 aliphatic carbocycles. The van der Waals surface area contributed by atoms with Gasteiger partial charge in [-0.2, -0.15) is 0 Å². The van der Waals surface area contributed by atoms with Crippen LogP contribution in [0.15, 0.2) is 21.1 Å². The van der Waals surface area contributed by atoms with E-state index in [-0.39, 0.29) is 24.2 Å². The quantitative estimate of drug-likeness (QED) is 0.611. The Morgan fingerprint density at radius 2 is 2.00 bits per heavy atom. The van der Waals surface area contributed by atoms with Gasteiger partial charge in [0.15, 0.2) is 0 Å². The second-order valence-electron chi connectivity index (χ2n) is 4.21. The number of carbonyl (C=O) groups excluding carboxylic acids is 2. The molecule has 102 valence electrons. The number of amides is 2. The Morgan fingerprint density at radius 1 is 1.32 bits per heavy atom. The van der Waals surface area contributed by atoms with Crippen LogP contribution in [0.5, 0.6) is 0 Å². The number of hydrogen-bond donors (Lipinski definition) is 2. The number of imide groups is 1. The van der Waals surface area contributed by atoms with Gasteiger partial charge < -0.3 is 5.32 Å². The van der Waals surface area contributed by atoms with Gasteiger partial charge in [0.1, 0.15) is 5.82 Å². The molecule has 0 bridgehead atoms. The van der Waals surface area contributed by atoms with Gasteiger partial charge in [-0.15, -0.1) is 0 Å². The average Bonchev–Trinajstić information content (AvgIpc) is 2.36. The number of nitrogens with one attached hydrogen (secondary N) is 2. The van der Waals surface area contributed by atoms with E-state index in [0.29, 0.717) is 27.4 Å². The van der Waals surface area contributed by atoms with E-state index in [2.05, 4.69) is 42.5 Å². The summed E-state index contributed by atoms with van der Waals surface area (Å²) < 4.78 is 14.9. The van der Waals surface area contributed by atoms with Crippen LogP contribution in [-0.2, 0) is 16.1 Å². The average molecular weight is 394 g/mol. The van der Waals surface area contributed by atoms with E-state index in [4.69, 9.17) is 0 Å². The molecule has 0 aromatic heterocycles. The minimum absolute atomic E-state index is 0.206. The van der Waals surface area contributed by atoms with Crippen molar-refractivity contribution in [3.8, 4) is 0 Å². The van der Waals surface area contributed by atoms with Crippen LogP contribution in [0.3, 0.4) is 0 Å². The van der Waals surface area contributed by atoms with Gasteiger partial charge in [-0.3, -0.25) is 14.9 Å². The molecule has 0 saturated carbocycles. The summed E-state index contributed by atoms with van der Waals surface area (Å²) in [5, 5.41) is 5.21. The van der Waals surface area contributed by atoms with Crippen LogP contribution in [0.2, 0.25) is 0 Å². The van der Waals surface area contributed by atoms with Crippen LogP contribution in [0.4, 0.5) is 4.39 Å². The van der Waals surface area contributed by atoms with E-state index in [1.54, 1.807) is 12.1 Å². The molecule has 1 aliphatic heterocycles. The van der Waals surface area contributed by atoms with Gasteiger partial charge in [0.25, 0.3) is 0 Å². The Morgan fingerprint density at radius 3 is 2.68 bits per heavy atom. The molecule has 1 saturated heterocycles. The van der Waals surface area contributed by atoms with Gasteiger partial charge in [-0.25, -0.2) is 4.39 Å². The lowest BCUT2D eigenvalue weighted by Crippen LogP contribution is -2.50. The van der Waals surface area contributed by atoms with Crippen LogP contribution < -0.4 is 10.6 Å². The van der Waals surface area contributed by atoms with Crippen molar-refractivity contribution in [1.29, 1.82) is 0 Å². The number of carbonyl (C=O) groups is 2. The maximum atomic E-state index is 13.9. The SMILES string of the molecule is O=C1CCC(NCc2c(Br)ccc(Br)c2F)C(=O)N1. The molecule has 7 heteroatoms. The smallest absolute Gasteiger partial charge is 0.243 e. The van der Waals surface area contributed by atoms with E-state index in [0.717, 1.165) is 0 Å². The van der Waals surface area contributed by atoms with E-state index in [9.17, 15) is 14.0 Å². The lowest BCUT2D eigenvalue weighted by molar-refractivity contribution is -0.134. The third-order valence-corrected chi connectivity index (χ3v) is 4.26. The standard InChI is InChI=1S/C12H11Br2FN2O2/c13-7-1-2-8(14)11(15)6(7)5-16-9-3-4-10(18)17-12(9)19/h1-2,9,16H,3-5H2,(H,17,18,19). The summed E-state index contributed by atoms with van der Waals surface area (Å²) >= 11 is 6.39. The Labute approximate surface area is 126 Å². The van der Waals surface area contributed by atoms with E-state index in [1.807, 2.05) is 0 Å². The summed E-state index contributed by atoms with van der Waals surface area (Å²) in [6, 6.07) is 2.87. The molecule has 1 aromatic carbocycles. The van der Waals surface area contributed by atoms with Crippen molar-refractivity contribution < 1.29 is 14.0 Å². The third kappa shape index (κ3) is 3.40. The highest BCUT2D eigenvalue weighted by Gasteiger charge is 2.26. The Balaban J connectivity index is 2.05. The summed E-state index contributed by atoms with van der Waals surface area (Å²) in [4.78, 5) is 22.6. The third-order valence-electron chi connectivity index (χ3n) is 2.90. The van der Waals surface area contributed by atoms with E-state index < -0.39 is 6.04 Å². The highest BCUT2D eigenvalue weighted by Crippen LogP contribution is 2.26. The van der Waals surface area contributed by atoms with Crippen LogP contribution in [0.1, 0.15) is 18.4 Å². The van der Waals surface area contributed by atoms with Crippen molar-refractivity contribution in [1.82, 2.24) is 10.6 Å². The fraction of sp³-hybridized carbons (Fsp3) is 0.333. The number of halogens is 3. The predicted octanol–water partition coefficient (Wildman–Crippen LogP) is 2.25. The zero-order valence-corrected chi connectivity index (χ0v) is 13.0. The van der Waals surface area contributed by atoms with Crippen molar-refractivity contribution in [2.24, 2.45) is 0 Å². The monoisotopic (exact) mass is 392 g/mol. The Kier molecular flexibility index (Phi) is 4.70. The second-order valence-corrected chi connectivity index (χ2v) is 5.92. The number of hydrogen-bond acceptors (Lipinski definition) is 3. The minimum Gasteiger partial charge on any atom is -0.302 e. The summed E-state index contributed by atoms with van der Waals surface area (Å²) in [6.45, 7) is 0.206. The topological polar surface area (TPSA) is 58.2 Å². The first-order valence-corrected chi connectivity index (χ1v) is 7.27. The van der Waals surface area contributed by atoms with Gasteiger partial charge in [0.05, 0.1) is 10.5 Å². The van der Waals surface area contributed by atoms with E-state index >= 15 is 0 Å². The number of rotatable bonds is 3. The minimum atomic E-state index is -0.469. The first kappa shape index (κ1) is 14.6. The van der Waals surface area contributed by atoms with Crippen molar-refractivity contribution >= 4 is 43.7 Å². The van der Waals surface area contributed by atoms with Crippen LogP contribution in [-0.4, -0.2) is 17.9 Å². The van der Waals surface area contributed by atoms with Gasteiger partial charge >= 0.3 is 0 Å². The highest BCUT2D eigenvalue weighted by atomic mass is 79.9. The Hall–Kier alpha value is -0.790. The first-order chi connectivity index (χ1) is 8.99. The van der Waals surface area contributed by atoms with Gasteiger partial charge in [0.2, 0.25) is 11.8 Å². The summed E-state index contributed by atoms with van der Waals surface area (Å²) in [7, 11) is 0. The molecule has 2 rings (SSSR count). The molecular weight excluding hydrogens is 383 g/mol. The number of benzene rings is 1. The van der Waals surface area contributed by atoms with Crippen molar-refractivity contribution in [2.45, 2.75) is 25.4 Å². The molecule has 2 amide bonds. The van der Waals surface area contributed by atoms with E-state index in [1.165, 1.54) is 0 Å². The maximum Gasteiger partial charge on any atom is 0.243 e. The van der Waals surface area contributed by atoms with Crippen molar-refractivity contribution in [2.75, 3.05) is 0 Å².